The number of aliphatic hydroxyl groups excluding tert-OH is 2. The van der Waals surface area contributed by atoms with Gasteiger partial charge in [-0.1, -0.05) is 67.6 Å². The largest absolute Gasteiger partial charge is 0.395 e. The van der Waals surface area contributed by atoms with Crippen molar-refractivity contribution in [1.82, 2.24) is 4.90 Å². The quantitative estimate of drug-likeness (QED) is 0.658. The molecule has 4 nitrogen and oxygen atoms in total. The number of hydrogen-bond acceptors (Lipinski definition) is 4. The monoisotopic (exact) mass is 343 g/mol. The predicted octanol–water partition coefficient (Wildman–Crippen LogP) is 3.01. The van der Waals surface area contributed by atoms with Crippen LogP contribution >= 0.6 is 0 Å². The van der Waals surface area contributed by atoms with E-state index in [1.54, 1.807) is 0 Å². The summed E-state index contributed by atoms with van der Waals surface area (Å²) in [5.41, 5.74) is 2.30. The first kappa shape index (κ1) is 19.6. The summed E-state index contributed by atoms with van der Waals surface area (Å²) in [6.45, 7) is 4.14. The highest BCUT2D eigenvalue weighted by Gasteiger charge is 2.15. The zero-order valence-electron chi connectivity index (χ0n) is 14.9. The summed E-state index contributed by atoms with van der Waals surface area (Å²) in [4.78, 5) is 2.05. The molecule has 0 aliphatic heterocycles. The molecule has 0 amide bonds. The number of aliphatic hydroxyl groups is 2. The molecule has 2 aromatic rings. The molecule has 2 atom stereocenters. The van der Waals surface area contributed by atoms with E-state index >= 15 is 0 Å². The minimum absolute atomic E-state index is 0.00346. The standard InChI is InChI=1S/C21H29NO3/c1-2-21(19-11-7-4-8-12-19)25-17-20(24)16-22(13-14-23)15-18-9-5-3-6-10-18/h3-12,20-21,23-24H,2,13-17H2,1H3/t20-,21-/m1/s1. The van der Waals surface area contributed by atoms with E-state index in [0.717, 1.165) is 12.0 Å². The average molecular weight is 343 g/mol. The van der Waals surface area contributed by atoms with Crippen LogP contribution in [0.5, 0.6) is 0 Å². The molecule has 25 heavy (non-hydrogen) atoms. The van der Waals surface area contributed by atoms with Crippen LogP contribution in [0.2, 0.25) is 0 Å². The first-order chi connectivity index (χ1) is 12.2. The van der Waals surface area contributed by atoms with Crippen molar-refractivity contribution in [2.24, 2.45) is 0 Å². The van der Waals surface area contributed by atoms with Gasteiger partial charge in [-0.15, -0.1) is 0 Å². The molecule has 0 spiro atoms. The number of hydrogen-bond donors (Lipinski definition) is 2. The normalized spacial score (nSPS) is 13.8. The van der Waals surface area contributed by atoms with E-state index in [2.05, 4.69) is 19.1 Å². The number of ether oxygens (including phenoxy) is 1. The lowest BCUT2D eigenvalue weighted by atomic mass is 10.1. The second kappa shape index (κ2) is 11.0. The molecule has 4 heteroatoms. The summed E-state index contributed by atoms with van der Waals surface area (Å²) in [5, 5.41) is 19.6. The third kappa shape index (κ3) is 6.96. The average Bonchev–Trinajstić information content (AvgIpc) is 2.64. The molecule has 136 valence electrons. The van der Waals surface area contributed by atoms with Gasteiger partial charge in [0.15, 0.2) is 0 Å². The van der Waals surface area contributed by atoms with Crippen molar-refractivity contribution in [1.29, 1.82) is 0 Å². The van der Waals surface area contributed by atoms with Crippen LogP contribution in [0.3, 0.4) is 0 Å². The number of nitrogens with zero attached hydrogens (tertiary/aromatic N) is 1. The Morgan fingerprint density at radius 2 is 1.64 bits per heavy atom. The molecule has 0 aromatic heterocycles. The Morgan fingerprint density at radius 3 is 2.24 bits per heavy atom. The van der Waals surface area contributed by atoms with Crippen molar-refractivity contribution in [3.63, 3.8) is 0 Å². The lowest BCUT2D eigenvalue weighted by Crippen LogP contribution is -2.36. The molecule has 0 saturated heterocycles. The zero-order valence-corrected chi connectivity index (χ0v) is 14.9. The summed E-state index contributed by atoms with van der Waals surface area (Å²) in [6, 6.07) is 20.2. The van der Waals surface area contributed by atoms with E-state index in [4.69, 9.17) is 4.74 Å². The van der Waals surface area contributed by atoms with Gasteiger partial charge in [-0.2, -0.15) is 0 Å². The second-order valence-corrected chi connectivity index (χ2v) is 6.24. The van der Waals surface area contributed by atoms with Crippen LogP contribution in [-0.4, -0.2) is 47.5 Å². The van der Waals surface area contributed by atoms with Gasteiger partial charge in [-0.3, -0.25) is 4.90 Å². The van der Waals surface area contributed by atoms with Crippen LogP contribution in [0.25, 0.3) is 0 Å². The highest BCUT2D eigenvalue weighted by molar-refractivity contribution is 5.17. The molecule has 2 rings (SSSR count). The van der Waals surface area contributed by atoms with Gasteiger partial charge in [0.2, 0.25) is 0 Å². The van der Waals surface area contributed by atoms with E-state index in [1.165, 1.54) is 5.56 Å². The van der Waals surface area contributed by atoms with Crippen molar-refractivity contribution in [3.05, 3.63) is 71.8 Å². The summed E-state index contributed by atoms with van der Waals surface area (Å²) in [7, 11) is 0. The molecule has 0 saturated carbocycles. The Hall–Kier alpha value is -1.72. The minimum Gasteiger partial charge on any atom is -0.395 e. The maximum atomic E-state index is 10.4. The predicted molar refractivity (Wildman–Crippen MR) is 100 cm³/mol. The first-order valence-corrected chi connectivity index (χ1v) is 8.94. The Balaban J connectivity index is 1.84. The van der Waals surface area contributed by atoms with E-state index in [-0.39, 0.29) is 19.3 Å². The van der Waals surface area contributed by atoms with E-state index in [1.807, 2.05) is 53.4 Å². The van der Waals surface area contributed by atoms with Gasteiger partial charge in [-0.25, -0.2) is 0 Å². The Labute approximate surface area is 150 Å². The summed E-state index contributed by atoms with van der Waals surface area (Å²) >= 11 is 0. The van der Waals surface area contributed by atoms with Gasteiger partial charge in [0.1, 0.15) is 0 Å². The van der Waals surface area contributed by atoms with Crippen LogP contribution in [0.1, 0.15) is 30.6 Å². The van der Waals surface area contributed by atoms with Gasteiger partial charge in [-0.05, 0) is 17.5 Å². The van der Waals surface area contributed by atoms with Crippen LogP contribution in [0.4, 0.5) is 0 Å². The highest BCUT2D eigenvalue weighted by Crippen LogP contribution is 2.20. The highest BCUT2D eigenvalue weighted by atomic mass is 16.5. The molecule has 0 radical (unpaired) electrons. The van der Waals surface area contributed by atoms with E-state index in [0.29, 0.717) is 19.6 Å². The Morgan fingerprint density at radius 1 is 1.00 bits per heavy atom. The molecule has 2 N–H and O–H groups in total. The molecular formula is C21H29NO3. The Bertz CT molecular complexity index is 576. The third-order valence-electron chi connectivity index (χ3n) is 4.17. The lowest BCUT2D eigenvalue weighted by molar-refractivity contribution is -0.0257. The first-order valence-electron chi connectivity index (χ1n) is 8.94. The number of benzene rings is 2. The van der Waals surface area contributed by atoms with Crippen molar-refractivity contribution < 1.29 is 14.9 Å². The second-order valence-electron chi connectivity index (χ2n) is 6.24. The summed E-state index contributed by atoms with van der Waals surface area (Å²) in [6.07, 6.45) is 0.269. The van der Waals surface area contributed by atoms with Crippen LogP contribution in [-0.2, 0) is 11.3 Å². The smallest absolute Gasteiger partial charge is 0.0900 e. The lowest BCUT2D eigenvalue weighted by Gasteiger charge is -2.25. The maximum absolute atomic E-state index is 10.4. The summed E-state index contributed by atoms with van der Waals surface area (Å²) < 4.78 is 5.93. The zero-order chi connectivity index (χ0) is 17.9. The van der Waals surface area contributed by atoms with Crippen molar-refractivity contribution >= 4 is 0 Å². The fourth-order valence-corrected chi connectivity index (χ4v) is 2.91. The number of rotatable bonds is 11. The topological polar surface area (TPSA) is 52.9 Å². The van der Waals surface area contributed by atoms with Gasteiger partial charge >= 0.3 is 0 Å². The van der Waals surface area contributed by atoms with Gasteiger partial charge < -0.3 is 14.9 Å². The molecule has 0 fully saturated rings. The molecule has 0 heterocycles. The Kier molecular flexibility index (Phi) is 8.63. The van der Waals surface area contributed by atoms with Gasteiger partial charge in [0.25, 0.3) is 0 Å². The van der Waals surface area contributed by atoms with Crippen molar-refractivity contribution in [3.8, 4) is 0 Å². The molecule has 0 aliphatic carbocycles. The van der Waals surface area contributed by atoms with Gasteiger partial charge in [0.05, 0.1) is 25.4 Å². The van der Waals surface area contributed by atoms with Crippen molar-refractivity contribution in [2.75, 3.05) is 26.3 Å². The van der Waals surface area contributed by atoms with E-state index in [9.17, 15) is 10.2 Å². The molecule has 0 unspecified atom stereocenters. The molecular weight excluding hydrogens is 314 g/mol. The van der Waals surface area contributed by atoms with Gasteiger partial charge in [0, 0.05) is 19.6 Å². The van der Waals surface area contributed by atoms with Crippen molar-refractivity contribution in [2.45, 2.75) is 32.1 Å². The van der Waals surface area contributed by atoms with Crippen LogP contribution in [0.15, 0.2) is 60.7 Å². The van der Waals surface area contributed by atoms with E-state index < -0.39 is 6.10 Å². The SMILES string of the molecule is CC[C@@H](OC[C@H](O)CN(CCO)Cc1ccccc1)c1ccccc1. The maximum Gasteiger partial charge on any atom is 0.0900 e. The fraction of sp³-hybridized carbons (Fsp3) is 0.429. The fourth-order valence-electron chi connectivity index (χ4n) is 2.91. The molecule has 2 aromatic carbocycles. The summed E-state index contributed by atoms with van der Waals surface area (Å²) in [5.74, 6) is 0. The minimum atomic E-state index is -0.590. The third-order valence-corrected chi connectivity index (χ3v) is 4.17. The molecule has 0 bridgehead atoms. The van der Waals surface area contributed by atoms with Crippen LogP contribution in [0, 0.1) is 0 Å². The molecule has 0 aliphatic rings. The van der Waals surface area contributed by atoms with Crippen LogP contribution < -0.4 is 0 Å².